The summed E-state index contributed by atoms with van der Waals surface area (Å²) in [4.78, 5) is 28.9. The van der Waals surface area contributed by atoms with Crippen molar-refractivity contribution in [2.75, 3.05) is 17.5 Å². The number of nitrogens with zero attached hydrogens (tertiary/aromatic N) is 2. The monoisotopic (exact) mass is 645 g/mol. The van der Waals surface area contributed by atoms with Gasteiger partial charge in [0.1, 0.15) is 18.3 Å². The molecule has 1 aliphatic rings. The zero-order valence-electron chi connectivity index (χ0n) is 24.6. The number of aryl methyl sites for hydroxylation is 1. The minimum Gasteiger partial charge on any atom is -0.494 e. The molecule has 3 aromatic carbocycles. The highest BCUT2D eigenvalue weighted by Crippen LogP contribution is 2.29. The largest absolute Gasteiger partial charge is 0.494 e. The Kier molecular flexibility index (Phi) is 11.0. The maximum atomic E-state index is 14.2. The highest BCUT2D eigenvalue weighted by Gasteiger charge is 2.34. The summed E-state index contributed by atoms with van der Waals surface area (Å²) in [5.74, 6) is -0.371. The number of ether oxygens (including phenoxy) is 1. The summed E-state index contributed by atoms with van der Waals surface area (Å²) >= 11 is 12.9. The van der Waals surface area contributed by atoms with E-state index in [-0.39, 0.29) is 23.4 Å². The topological polar surface area (TPSA) is 96.0 Å². The molecule has 230 valence electrons. The van der Waals surface area contributed by atoms with Gasteiger partial charge in [-0.1, -0.05) is 59.8 Å². The number of carbonyl (C=O) groups is 2. The van der Waals surface area contributed by atoms with Crippen LogP contribution in [-0.4, -0.2) is 50.4 Å². The summed E-state index contributed by atoms with van der Waals surface area (Å²) in [6.07, 6.45) is 3.83. The first-order valence-corrected chi connectivity index (χ1v) is 16.6. The van der Waals surface area contributed by atoms with Crippen molar-refractivity contribution in [3.05, 3.63) is 87.9 Å². The van der Waals surface area contributed by atoms with Crippen molar-refractivity contribution in [3.8, 4) is 5.75 Å². The smallest absolute Gasteiger partial charge is 0.264 e. The van der Waals surface area contributed by atoms with Crippen molar-refractivity contribution in [1.29, 1.82) is 0 Å². The fourth-order valence-electron chi connectivity index (χ4n) is 5.07. The number of carbonyl (C=O) groups excluding carboxylic acids is 2. The Balaban J connectivity index is 1.70. The van der Waals surface area contributed by atoms with Gasteiger partial charge in [0.15, 0.2) is 0 Å². The van der Waals surface area contributed by atoms with E-state index in [2.05, 4.69) is 5.32 Å². The zero-order valence-corrected chi connectivity index (χ0v) is 26.9. The molecule has 1 fully saturated rings. The third kappa shape index (κ3) is 8.02. The lowest BCUT2D eigenvalue weighted by Gasteiger charge is -2.33. The molecule has 43 heavy (non-hydrogen) atoms. The molecule has 2 amide bonds. The molecule has 0 radical (unpaired) electrons. The minimum atomic E-state index is -4.20. The van der Waals surface area contributed by atoms with Crippen LogP contribution in [0, 0.1) is 6.92 Å². The molecule has 1 aliphatic carbocycles. The number of anilines is 1. The van der Waals surface area contributed by atoms with E-state index in [1.54, 1.807) is 61.5 Å². The van der Waals surface area contributed by atoms with E-state index in [4.69, 9.17) is 27.9 Å². The zero-order chi connectivity index (χ0) is 31.1. The van der Waals surface area contributed by atoms with Gasteiger partial charge in [0.05, 0.1) is 17.2 Å². The third-order valence-corrected chi connectivity index (χ3v) is 10.1. The Labute approximate surface area is 264 Å². The molecule has 0 bridgehead atoms. The number of halogens is 2. The van der Waals surface area contributed by atoms with E-state index >= 15 is 0 Å². The second-order valence-electron chi connectivity index (χ2n) is 10.6. The van der Waals surface area contributed by atoms with E-state index < -0.39 is 28.5 Å². The van der Waals surface area contributed by atoms with Crippen LogP contribution < -0.4 is 14.4 Å². The van der Waals surface area contributed by atoms with Crippen molar-refractivity contribution in [2.45, 2.75) is 70.0 Å². The molecule has 11 heteroatoms. The first-order chi connectivity index (χ1) is 20.5. The highest BCUT2D eigenvalue weighted by molar-refractivity contribution is 7.92. The van der Waals surface area contributed by atoms with Gasteiger partial charge in [0.25, 0.3) is 10.0 Å². The number of nitrogens with one attached hydrogen (secondary N) is 1. The van der Waals surface area contributed by atoms with Gasteiger partial charge in [-0.15, -0.1) is 0 Å². The lowest BCUT2D eigenvalue weighted by Crippen LogP contribution is -2.52. The minimum absolute atomic E-state index is 0.00273. The van der Waals surface area contributed by atoms with Crippen LogP contribution in [0.2, 0.25) is 10.0 Å². The molecular formula is C32H37Cl2N3O5S. The van der Waals surface area contributed by atoms with Crippen LogP contribution in [0.15, 0.2) is 71.6 Å². The second kappa shape index (κ2) is 14.5. The standard InChI is InChI=1S/C32H37Cl2N3O5S/c1-4-42-26-16-18-27(19-17-26)43(40,41)37(25-14-12-22(2)13-15-25)21-31(38)36(20-28-29(33)10-7-11-30(28)34)23(3)32(39)35-24-8-5-6-9-24/h7,10-19,23-24H,4-6,8-9,20-21H2,1-3H3,(H,35,39)/t23-/m0/s1. The van der Waals surface area contributed by atoms with Gasteiger partial charge in [-0.2, -0.15) is 0 Å². The molecule has 1 atom stereocenters. The number of amides is 2. The summed E-state index contributed by atoms with van der Waals surface area (Å²) in [6.45, 7) is 5.16. The maximum Gasteiger partial charge on any atom is 0.264 e. The van der Waals surface area contributed by atoms with Gasteiger partial charge in [-0.05, 0) is 82.1 Å². The van der Waals surface area contributed by atoms with Crippen molar-refractivity contribution in [2.24, 2.45) is 0 Å². The van der Waals surface area contributed by atoms with Crippen LogP contribution in [0.1, 0.15) is 50.7 Å². The maximum absolute atomic E-state index is 14.2. The van der Waals surface area contributed by atoms with E-state index in [1.807, 2.05) is 13.8 Å². The van der Waals surface area contributed by atoms with Gasteiger partial charge in [-0.3, -0.25) is 13.9 Å². The fourth-order valence-corrected chi connectivity index (χ4v) is 7.00. The number of sulfonamides is 1. The molecule has 0 heterocycles. The van der Waals surface area contributed by atoms with Crippen LogP contribution in [-0.2, 0) is 26.2 Å². The predicted molar refractivity (Wildman–Crippen MR) is 170 cm³/mol. The fraction of sp³-hybridized carbons (Fsp3) is 0.375. The number of hydrogen-bond donors (Lipinski definition) is 1. The van der Waals surface area contributed by atoms with Crippen LogP contribution >= 0.6 is 23.2 Å². The Morgan fingerprint density at radius 1 is 0.977 bits per heavy atom. The Hall–Kier alpha value is -3.27. The van der Waals surface area contributed by atoms with Crippen LogP contribution in [0.25, 0.3) is 0 Å². The first kappa shape index (κ1) is 32.6. The molecule has 0 saturated heterocycles. The van der Waals surface area contributed by atoms with Gasteiger partial charge in [0.2, 0.25) is 11.8 Å². The van der Waals surface area contributed by atoms with E-state index in [0.29, 0.717) is 33.7 Å². The SMILES string of the molecule is CCOc1ccc(S(=O)(=O)N(CC(=O)N(Cc2c(Cl)cccc2Cl)[C@@H](C)C(=O)NC2CCCC2)c2ccc(C)cc2)cc1. The van der Waals surface area contributed by atoms with Crippen molar-refractivity contribution in [1.82, 2.24) is 10.2 Å². The summed E-state index contributed by atoms with van der Waals surface area (Å²) in [5.41, 5.74) is 1.71. The first-order valence-electron chi connectivity index (χ1n) is 14.4. The average molecular weight is 647 g/mol. The lowest BCUT2D eigenvalue weighted by atomic mass is 10.1. The van der Waals surface area contributed by atoms with Crippen LogP contribution in [0.5, 0.6) is 5.75 Å². The predicted octanol–water partition coefficient (Wildman–Crippen LogP) is 6.37. The second-order valence-corrected chi connectivity index (χ2v) is 13.3. The number of benzene rings is 3. The molecule has 0 aliphatic heterocycles. The van der Waals surface area contributed by atoms with Crippen molar-refractivity contribution < 1.29 is 22.7 Å². The van der Waals surface area contributed by atoms with Crippen LogP contribution in [0.4, 0.5) is 5.69 Å². The quantitative estimate of drug-likeness (QED) is 0.247. The van der Waals surface area contributed by atoms with Gasteiger partial charge in [0, 0.05) is 28.2 Å². The van der Waals surface area contributed by atoms with Gasteiger partial charge in [-0.25, -0.2) is 8.42 Å². The average Bonchev–Trinajstić information content (AvgIpc) is 3.49. The molecule has 8 nitrogen and oxygen atoms in total. The third-order valence-electron chi connectivity index (χ3n) is 7.58. The van der Waals surface area contributed by atoms with E-state index in [1.165, 1.54) is 17.0 Å². The molecule has 0 spiro atoms. The molecule has 0 unspecified atom stereocenters. The van der Waals surface area contributed by atoms with Crippen molar-refractivity contribution >= 4 is 50.7 Å². The highest BCUT2D eigenvalue weighted by atomic mass is 35.5. The summed E-state index contributed by atoms with van der Waals surface area (Å²) in [5, 5.41) is 3.73. The molecule has 3 aromatic rings. The number of hydrogen-bond acceptors (Lipinski definition) is 5. The lowest BCUT2D eigenvalue weighted by molar-refractivity contribution is -0.139. The summed E-state index contributed by atoms with van der Waals surface area (Å²) in [7, 11) is -4.20. The number of rotatable bonds is 12. The Bertz CT molecular complexity index is 1510. The normalized spacial score (nSPS) is 14.3. The molecule has 1 N–H and O–H groups in total. The van der Waals surface area contributed by atoms with Gasteiger partial charge < -0.3 is 15.0 Å². The summed E-state index contributed by atoms with van der Waals surface area (Å²) < 4.78 is 34.6. The Morgan fingerprint density at radius 2 is 1.58 bits per heavy atom. The molecule has 1 saturated carbocycles. The Morgan fingerprint density at radius 3 is 2.16 bits per heavy atom. The van der Waals surface area contributed by atoms with Gasteiger partial charge >= 0.3 is 0 Å². The molecule has 0 aromatic heterocycles. The summed E-state index contributed by atoms with van der Waals surface area (Å²) in [6, 6.07) is 17.0. The molecular weight excluding hydrogens is 609 g/mol. The van der Waals surface area contributed by atoms with Crippen molar-refractivity contribution in [3.63, 3.8) is 0 Å². The van der Waals surface area contributed by atoms with E-state index in [0.717, 1.165) is 35.6 Å². The molecule has 4 rings (SSSR count). The van der Waals surface area contributed by atoms with Crippen LogP contribution in [0.3, 0.4) is 0 Å². The van der Waals surface area contributed by atoms with E-state index in [9.17, 15) is 18.0 Å².